The Morgan fingerprint density at radius 1 is 0.882 bits per heavy atom. The number of benzene rings is 3. The molecule has 0 saturated carbocycles. The fraction of sp³-hybridized carbons (Fsp3) is 0.185. The lowest BCUT2D eigenvalue weighted by Gasteiger charge is -2.22. The lowest BCUT2D eigenvalue weighted by molar-refractivity contribution is 0.0744. The van der Waals surface area contributed by atoms with Gasteiger partial charge in [0.05, 0.1) is 0 Å². The zero-order valence-electron chi connectivity index (χ0n) is 18.7. The van der Waals surface area contributed by atoms with Crippen molar-refractivity contribution in [3.05, 3.63) is 113 Å². The molecule has 2 heterocycles. The molecule has 5 rings (SSSR count). The summed E-state index contributed by atoms with van der Waals surface area (Å²) in [6, 6.07) is 25.8. The average molecular weight is 457 g/mol. The van der Waals surface area contributed by atoms with Crippen LogP contribution in [0.25, 0.3) is 0 Å². The minimum atomic E-state index is -0.321. The maximum absolute atomic E-state index is 13.7. The molecule has 0 saturated heterocycles. The lowest BCUT2D eigenvalue weighted by Crippen LogP contribution is -2.33. The number of fused-ring (bicyclic) bond motifs is 1. The van der Waals surface area contributed by atoms with Gasteiger partial charge in [-0.25, -0.2) is 9.37 Å². The number of amides is 1. The predicted octanol–water partition coefficient (Wildman–Crippen LogP) is 4.72. The highest BCUT2D eigenvalue weighted by Crippen LogP contribution is 2.25. The molecular formula is C27H25FN4O2. The Kier molecular flexibility index (Phi) is 6.25. The van der Waals surface area contributed by atoms with Crippen LogP contribution in [0.5, 0.6) is 5.75 Å². The van der Waals surface area contributed by atoms with E-state index in [1.807, 2.05) is 70.1 Å². The summed E-state index contributed by atoms with van der Waals surface area (Å²) < 4.78 is 21.1. The molecule has 0 aliphatic carbocycles. The molecular weight excluding hydrogens is 431 g/mol. The van der Waals surface area contributed by atoms with Crippen molar-refractivity contribution in [3.8, 4) is 5.75 Å². The Balaban J connectivity index is 1.47. The second kappa shape index (κ2) is 9.79. The Morgan fingerprint density at radius 2 is 1.53 bits per heavy atom. The van der Waals surface area contributed by atoms with Gasteiger partial charge in [0.1, 0.15) is 24.0 Å². The van der Waals surface area contributed by atoms with Crippen molar-refractivity contribution in [1.29, 1.82) is 0 Å². The van der Waals surface area contributed by atoms with Crippen LogP contribution in [0.3, 0.4) is 0 Å². The number of carbonyl (C=O) groups excluding carboxylic acids is 1. The quantitative estimate of drug-likeness (QED) is 0.437. The number of halogens is 1. The van der Waals surface area contributed by atoms with Gasteiger partial charge in [-0.3, -0.25) is 4.79 Å². The van der Waals surface area contributed by atoms with Crippen molar-refractivity contribution in [1.82, 2.24) is 14.5 Å². The van der Waals surface area contributed by atoms with E-state index in [1.165, 1.54) is 12.1 Å². The van der Waals surface area contributed by atoms with Crippen LogP contribution in [0.1, 0.15) is 27.4 Å². The van der Waals surface area contributed by atoms with Crippen molar-refractivity contribution < 1.29 is 13.9 Å². The first-order valence-corrected chi connectivity index (χ1v) is 11.3. The van der Waals surface area contributed by atoms with Gasteiger partial charge < -0.3 is 19.5 Å². The minimum Gasteiger partial charge on any atom is -0.486 e. The maximum Gasteiger partial charge on any atom is 0.274 e. The molecule has 1 aliphatic heterocycles. The Bertz CT molecular complexity index is 1260. The number of carbonyl (C=O) groups is 1. The molecule has 3 aromatic carbocycles. The molecule has 0 spiro atoms. The molecule has 0 unspecified atom stereocenters. The summed E-state index contributed by atoms with van der Waals surface area (Å²) in [7, 11) is 0. The molecule has 1 N–H and O–H groups in total. The highest BCUT2D eigenvalue weighted by atomic mass is 19.1. The van der Waals surface area contributed by atoms with Gasteiger partial charge in [0, 0.05) is 26.2 Å². The van der Waals surface area contributed by atoms with Crippen LogP contribution < -0.4 is 10.1 Å². The smallest absolute Gasteiger partial charge is 0.274 e. The van der Waals surface area contributed by atoms with Crippen molar-refractivity contribution >= 4 is 11.7 Å². The van der Waals surface area contributed by atoms with Gasteiger partial charge in [0.25, 0.3) is 5.91 Å². The van der Waals surface area contributed by atoms with Crippen molar-refractivity contribution in [2.45, 2.75) is 19.7 Å². The van der Waals surface area contributed by atoms with E-state index in [4.69, 9.17) is 9.72 Å². The standard InChI is InChI=1S/C27H25FN4O2/c28-22-11-13-23(14-12-22)34-19-24-30-26-25(32(24)18-21-9-5-2-6-10-21)27(33)31(16-15-29-26)17-20-7-3-1-4-8-20/h1-14,29H,15-19H2. The third-order valence-corrected chi connectivity index (χ3v) is 5.79. The molecule has 6 nitrogen and oxygen atoms in total. The van der Waals surface area contributed by atoms with Gasteiger partial charge in [0.2, 0.25) is 0 Å². The number of nitrogens with one attached hydrogen (secondary N) is 1. The zero-order chi connectivity index (χ0) is 23.3. The summed E-state index contributed by atoms with van der Waals surface area (Å²) in [6.45, 7) is 2.35. The number of aromatic nitrogens is 2. The largest absolute Gasteiger partial charge is 0.486 e. The van der Waals surface area contributed by atoms with E-state index >= 15 is 0 Å². The predicted molar refractivity (Wildman–Crippen MR) is 128 cm³/mol. The molecule has 0 bridgehead atoms. The molecule has 1 aliphatic rings. The van der Waals surface area contributed by atoms with E-state index in [0.717, 1.165) is 11.1 Å². The third kappa shape index (κ3) is 4.78. The first-order valence-electron chi connectivity index (χ1n) is 11.3. The second-order valence-corrected chi connectivity index (χ2v) is 8.18. The summed E-state index contributed by atoms with van der Waals surface area (Å²) in [4.78, 5) is 20.3. The summed E-state index contributed by atoms with van der Waals surface area (Å²) in [5.41, 5.74) is 2.65. The van der Waals surface area contributed by atoms with Gasteiger partial charge in [-0.1, -0.05) is 60.7 Å². The normalized spacial score (nSPS) is 13.2. The lowest BCUT2D eigenvalue weighted by atomic mass is 10.2. The number of imidazole rings is 1. The fourth-order valence-electron chi connectivity index (χ4n) is 4.08. The van der Waals surface area contributed by atoms with Crippen LogP contribution in [0, 0.1) is 5.82 Å². The molecule has 0 atom stereocenters. The van der Waals surface area contributed by atoms with Crippen LogP contribution in [0.4, 0.5) is 10.2 Å². The first kappa shape index (κ1) is 21.7. The molecule has 4 aromatic rings. The zero-order valence-corrected chi connectivity index (χ0v) is 18.7. The Hall–Kier alpha value is -4.13. The second-order valence-electron chi connectivity index (χ2n) is 8.18. The Labute approximate surface area is 197 Å². The first-order chi connectivity index (χ1) is 16.7. The molecule has 0 fully saturated rings. The third-order valence-electron chi connectivity index (χ3n) is 5.79. The van der Waals surface area contributed by atoms with Gasteiger partial charge in [-0.15, -0.1) is 0 Å². The molecule has 1 aromatic heterocycles. The van der Waals surface area contributed by atoms with Crippen LogP contribution in [-0.4, -0.2) is 33.4 Å². The van der Waals surface area contributed by atoms with Crippen LogP contribution in [0.15, 0.2) is 84.9 Å². The van der Waals surface area contributed by atoms with Crippen LogP contribution >= 0.6 is 0 Å². The summed E-state index contributed by atoms with van der Waals surface area (Å²) in [5.74, 6) is 1.34. The molecule has 1 amide bonds. The van der Waals surface area contributed by atoms with Crippen LogP contribution in [-0.2, 0) is 19.7 Å². The van der Waals surface area contributed by atoms with Crippen molar-refractivity contribution in [3.63, 3.8) is 0 Å². The van der Waals surface area contributed by atoms with E-state index in [9.17, 15) is 9.18 Å². The van der Waals surface area contributed by atoms with E-state index < -0.39 is 0 Å². The topological polar surface area (TPSA) is 59.4 Å². The monoisotopic (exact) mass is 456 g/mol. The Morgan fingerprint density at radius 3 is 2.21 bits per heavy atom. The number of rotatable bonds is 7. The number of ether oxygens (including phenoxy) is 1. The number of nitrogens with zero attached hydrogens (tertiary/aromatic N) is 3. The van der Waals surface area contributed by atoms with Crippen molar-refractivity contribution in [2.75, 3.05) is 18.4 Å². The highest BCUT2D eigenvalue weighted by Gasteiger charge is 2.30. The minimum absolute atomic E-state index is 0.0692. The van der Waals surface area contributed by atoms with Crippen molar-refractivity contribution in [2.24, 2.45) is 0 Å². The summed E-state index contributed by atoms with van der Waals surface area (Å²) in [5, 5.41) is 3.32. The van der Waals surface area contributed by atoms with E-state index in [2.05, 4.69) is 5.32 Å². The van der Waals surface area contributed by atoms with E-state index in [0.29, 0.717) is 49.3 Å². The maximum atomic E-state index is 13.7. The van der Waals surface area contributed by atoms with Gasteiger partial charge in [0.15, 0.2) is 11.5 Å². The summed E-state index contributed by atoms with van der Waals surface area (Å²) >= 11 is 0. The van der Waals surface area contributed by atoms with Gasteiger partial charge in [-0.05, 0) is 35.4 Å². The number of anilines is 1. The molecule has 172 valence electrons. The SMILES string of the molecule is O=C1c2c(nc(COc3ccc(F)cc3)n2Cc2ccccc2)NCCN1Cc1ccccc1. The molecule has 34 heavy (non-hydrogen) atoms. The highest BCUT2D eigenvalue weighted by molar-refractivity contribution is 5.98. The molecule has 7 heteroatoms. The summed E-state index contributed by atoms with van der Waals surface area (Å²) in [6.07, 6.45) is 0. The van der Waals surface area contributed by atoms with Gasteiger partial charge >= 0.3 is 0 Å². The number of hydrogen-bond acceptors (Lipinski definition) is 4. The fourth-order valence-corrected chi connectivity index (χ4v) is 4.08. The van der Waals surface area contributed by atoms with Gasteiger partial charge in [-0.2, -0.15) is 0 Å². The van der Waals surface area contributed by atoms with E-state index in [1.54, 1.807) is 12.1 Å². The molecule has 0 radical (unpaired) electrons. The average Bonchev–Trinajstić information content (AvgIpc) is 3.12. The van der Waals surface area contributed by atoms with E-state index in [-0.39, 0.29) is 18.3 Å². The van der Waals surface area contributed by atoms with Crippen LogP contribution in [0.2, 0.25) is 0 Å². The number of hydrogen-bond donors (Lipinski definition) is 1.